The fourth-order valence-electron chi connectivity index (χ4n) is 3.85. The van der Waals surface area contributed by atoms with Crippen molar-refractivity contribution >= 4 is 0 Å². The lowest BCUT2D eigenvalue weighted by Gasteiger charge is -2.37. The summed E-state index contributed by atoms with van der Waals surface area (Å²) in [7, 11) is 0. The molecule has 0 aromatic carbocycles. The van der Waals surface area contributed by atoms with Crippen LogP contribution >= 0.6 is 0 Å². The van der Waals surface area contributed by atoms with Crippen LogP contribution in [0.25, 0.3) is 0 Å². The highest BCUT2D eigenvalue weighted by Crippen LogP contribution is 2.53. The van der Waals surface area contributed by atoms with E-state index in [2.05, 4.69) is 0 Å². The molecule has 1 rings (SSSR count). The average molecular weight is 417 g/mol. The number of hydrogen-bond acceptors (Lipinski definition) is 10. The van der Waals surface area contributed by atoms with Crippen molar-refractivity contribution in [1.29, 1.82) is 0 Å². The van der Waals surface area contributed by atoms with Gasteiger partial charge < -0.3 is 0 Å². The fourth-order valence-corrected chi connectivity index (χ4v) is 3.85. The van der Waals surface area contributed by atoms with Crippen molar-refractivity contribution in [3.8, 4) is 0 Å². The number of nitro groups is 5. The predicted octanol–water partition coefficient (Wildman–Crippen LogP) is 2.40. The Bertz CT molecular complexity index is 855. The number of unbranched alkanes of at least 4 members (excludes halogenated alkanes) is 1. The monoisotopic (exact) mass is 417 g/mol. The summed E-state index contributed by atoms with van der Waals surface area (Å²) in [6, 6.07) is 0. The van der Waals surface area contributed by atoms with Gasteiger partial charge in [-0.15, -0.1) is 0 Å². The first kappa shape index (κ1) is 23.5. The highest BCUT2D eigenvalue weighted by atomic mass is 16.7. The maximum Gasteiger partial charge on any atom is 0.432 e. The van der Waals surface area contributed by atoms with Crippen molar-refractivity contribution in [2.75, 3.05) is 0 Å². The third-order valence-corrected chi connectivity index (χ3v) is 4.70. The molecular formula is C14H19N5O10. The summed E-state index contributed by atoms with van der Waals surface area (Å²) in [6.45, 7) is 5.46. The van der Waals surface area contributed by atoms with Crippen molar-refractivity contribution in [3.63, 3.8) is 0 Å². The Balaban J connectivity index is 4.43. The molecule has 160 valence electrons. The van der Waals surface area contributed by atoms with Gasteiger partial charge in [-0.05, 0) is 11.8 Å². The highest BCUT2D eigenvalue weighted by Gasteiger charge is 2.76. The van der Waals surface area contributed by atoms with Crippen LogP contribution in [0.4, 0.5) is 0 Å². The van der Waals surface area contributed by atoms with E-state index < -0.39 is 70.7 Å². The second kappa shape index (κ2) is 7.84. The van der Waals surface area contributed by atoms with Crippen molar-refractivity contribution < 1.29 is 24.6 Å². The minimum absolute atomic E-state index is 0.0330. The molecule has 0 saturated heterocycles. The normalized spacial score (nSPS) is 22.4. The van der Waals surface area contributed by atoms with Gasteiger partial charge in [0.05, 0.1) is 19.7 Å². The summed E-state index contributed by atoms with van der Waals surface area (Å²) >= 11 is 0. The molecule has 0 bridgehead atoms. The van der Waals surface area contributed by atoms with Gasteiger partial charge in [0.1, 0.15) is 5.92 Å². The third kappa shape index (κ3) is 3.74. The van der Waals surface area contributed by atoms with E-state index in [0.29, 0.717) is 0 Å². The number of hydrogen-bond donors (Lipinski definition) is 0. The Morgan fingerprint density at radius 1 is 0.828 bits per heavy atom. The predicted molar refractivity (Wildman–Crippen MR) is 94.2 cm³/mol. The Morgan fingerprint density at radius 2 is 1.31 bits per heavy atom. The Kier molecular flexibility index (Phi) is 6.36. The topological polar surface area (TPSA) is 216 Å². The van der Waals surface area contributed by atoms with E-state index in [1.54, 1.807) is 6.92 Å². The van der Waals surface area contributed by atoms with E-state index in [0.717, 1.165) is 0 Å². The zero-order valence-corrected chi connectivity index (χ0v) is 16.0. The van der Waals surface area contributed by atoms with Crippen LogP contribution in [-0.2, 0) is 0 Å². The standard InChI is InChI=1S/C14H19N5O10/c1-5-6-7-14(19(28)29)11(13(2,3)4)9(16(22)23)8(15(20)21)10(17(24)25)12(14)18(26)27/h11H,5-7H2,1-4H3. The van der Waals surface area contributed by atoms with Gasteiger partial charge in [0.2, 0.25) is 0 Å². The second-order valence-electron chi connectivity index (χ2n) is 7.54. The van der Waals surface area contributed by atoms with Crippen LogP contribution in [0.3, 0.4) is 0 Å². The van der Waals surface area contributed by atoms with Crippen LogP contribution in [0.5, 0.6) is 0 Å². The zero-order chi connectivity index (χ0) is 22.9. The van der Waals surface area contributed by atoms with Crippen molar-refractivity contribution in [2.45, 2.75) is 52.5 Å². The molecule has 1 aliphatic rings. The van der Waals surface area contributed by atoms with E-state index >= 15 is 0 Å². The molecule has 0 saturated carbocycles. The molecule has 0 aromatic heterocycles. The molecule has 1 aliphatic carbocycles. The molecule has 2 unspecified atom stereocenters. The van der Waals surface area contributed by atoms with Gasteiger partial charge in [-0.2, -0.15) is 0 Å². The van der Waals surface area contributed by atoms with Crippen LogP contribution < -0.4 is 0 Å². The molecule has 29 heavy (non-hydrogen) atoms. The molecule has 0 aliphatic heterocycles. The van der Waals surface area contributed by atoms with Gasteiger partial charge in [0, 0.05) is 11.3 Å². The molecule has 0 heterocycles. The van der Waals surface area contributed by atoms with Crippen LogP contribution in [0, 0.1) is 61.9 Å². The van der Waals surface area contributed by atoms with Crippen LogP contribution in [0.15, 0.2) is 22.8 Å². The maximum atomic E-state index is 12.2. The molecule has 15 nitrogen and oxygen atoms in total. The lowest BCUT2D eigenvalue weighted by Crippen LogP contribution is -2.58. The Hall–Kier alpha value is -3.52. The second-order valence-corrected chi connectivity index (χ2v) is 7.54. The van der Waals surface area contributed by atoms with Gasteiger partial charge in [0.25, 0.3) is 0 Å². The molecule has 0 spiro atoms. The zero-order valence-electron chi connectivity index (χ0n) is 16.0. The van der Waals surface area contributed by atoms with E-state index in [1.165, 1.54) is 20.8 Å². The maximum absolute atomic E-state index is 12.2. The molecule has 0 fully saturated rings. The first-order valence-electron chi connectivity index (χ1n) is 8.37. The quantitative estimate of drug-likeness (QED) is 0.414. The Labute approximate surface area is 162 Å². The van der Waals surface area contributed by atoms with E-state index in [4.69, 9.17) is 0 Å². The van der Waals surface area contributed by atoms with Crippen LogP contribution in [0.2, 0.25) is 0 Å². The minimum Gasteiger partial charge on any atom is -0.263 e. The van der Waals surface area contributed by atoms with Gasteiger partial charge in [-0.25, -0.2) is 0 Å². The smallest absolute Gasteiger partial charge is 0.263 e. The summed E-state index contributed by atoms with van der Waals surface area (Å²) < 4.78 is 0. The largest absolute Gasteiger partial charge is 0.432 e. The van der Waals surface area contributed by atoms with Crippen LogP contribution in [0.1, 0.15) is 47.0 Å². The fraction of sp³-hybridized carbons (Fsp3) is 0.714. The lowest BCUT2D eigenvalue weighted by atomic mass is 9.61. The summed E-state index contributed by atoms with van der Waals surface area (Å²) in [5.74, 6) is -1.98. The average Bonchev–Trinajstić information content (AvgIpc) is 2.55. The van der Waals surface area contributed by atoms with E-state index in [9.17, 15) is 50.6 Å². The van der Waals surface area contributed by atoms with E-state index in [-0.39, 0.29) is 12.8 Å². The molecular weight excluding hydrogens is 398 g/mol. The van der Waals surface area contributed by atoms with Gasteiger partial charge in [0.15, 0.2) is 0 Å². The summed E-state index contributed by atoms with van der Waals surface area (Å²) in [5, 5.41) is 58.8. The molecule has 0 amide bonds. The lowest BCUT2D eigenvalue weighted by molar-refractivity contribution is -0.627. The van der Waals surface area contributed by atoms with Crippen molar-refractivity contribution in [1.82, 2.24) is 0 Å². The molecule has 0 N–H and O–H groups in total. The third-order valence-electron chi connectivity index (χ3n) is 4.70. The molecule has 2 atom stereocenters. The highest BCUT2D eigenvalue weighted by molar-refractivity contribution is 5.38. The van der Waals surface area contributed by atoms with Gasteiger partial charge in [-0.1, -0.05) is 34.1 Å². The van der Waals surface area contributed by atoms with Gasteiger partial charge in [-0.3, -0.25) is 50.6 Å². The number of nitrogens with zero attached hydrogens (tertiary/aromatic N) is 5. The molecule has 0 radical (unpaired) electrons. The summed E-state index contributed by atoms with van der Waals surface area (Å²) in [5.41, 5.74) is -10.9. The molecule has 0 aromatic rings. The van der Waals surface area contributed by atoms with Crippen molar-refractivity contribution in [3.05, 3.63) is 73.4 Å². The van der Waals surface area contributed by atoms with Gasteiger partial charge >= 0.3 is 28.3 Å². The molecule has 15 heteroatoms. The first-order chi connectivity index (χ1) is 13.2. The van der Waals surface area contributed by atoms with Crippen molar-refractivity contribution in [2.24, 2.45) is 11.3 Å². The Morgan fingerprint density at radius 3 is 1.59 bits per heavy atom. The first-order valence-corrected chi connectivity index (χ1v) is 8.37. The van der Waals surface area contributed by atoms with E-state index in [1.807, 2.05) is 0 Å². The van der Waals surface area contributed by atoms with Crippen LogP contribution in [-0.4, -0.2) is 30.2 Å². The number of rotatable bonds is 8. The SMILES string of the molecule is CCCCC1([N+](=O)[O-])C([N+](=O)[O-])=C([N+](=O)[O-])C([N+](=O)[O-])=C([N+](=O)[O-])C1C(C)(C)C. The summed E-state index contributed by atoms with van der Waals surface area (Å²) in [6.07, 6.45) is -0.395. The summed E-state index contributed by atoms with van der Waals surface area (Å²) in [4.78, 5) is 52.0. The minimum atomic E-state index is -2.90.